The van der Waals surface area contributed by atoms with E-state index in [4.69, 9.17) is 4.74 Å². The summed E-state index contributed by atoms with van der Waals surface area (Å²) in [6.45, 7) is 8.16. The number of hydrogen-bond donors (Lipinski definition) is 0. The van der Waals surface area contributed by atoms with Crippen molar-refractivity contribution in [3.63, 3.8) is 0 Å². The Morgan fingerprint density at radius 2 is 1.88 bits per heavy atom. The maximum absolute atomic E-state index is 10.5. The van der Waals surface area contributed by atoms with E-state index in [9.17, 15) is 4.79 Å². The lowest BCUT2D eigenvalue weighted by Gasteiger charge is -2.02. The van der Waals surface area contributed by atoms with Gasteiger partial charge in [0.2, 0.25) is 0 Å². The van der Waals surface area contributed by atoms with Crippen molar-refractivity contribution < 1.29 is 9.53 Å². The lowest BCUT2D eigenvalue weighted by Crippen LogP contribution is -1.98. The molecule has 0 heterocycles. The molecule has 0 spiro atoms. The van der Waals surface area contributed by atoms with Crippen LogP contribution in [0.5, 0.6) is 0 Å². The van der Waals surface area contributed by atoms with Crippen LogP contribution in [0.4, 0.5) is 0 Å². The molecule has 1 aromatic rings. The molecule has 0 fully saturated rings. The highest BCUT2D eigenvalue weighted by atomic mass is 16.5. The highest BCUT2D eigenvalue weighted by Crippen LogP contribution is 2.04. The number of benzene rings is 1. The first kappa shape index (κ1) is 14.7. The Morgan fingerprint density at radius 1 is 1.25 bits per heavy atom. The third-order valence-corrected chi connectivity index (χ3v) is 2.02. The zero-order valence-electron chi connectivity index (χ0n) is 10.7. The third-order valence-electron chi connectivity index (χ3n) is 2.02. The van der Waals surface area contributed by atoms with Crippen molar-refractivity contribution in [3.05, 3.63) is 35.4 Å². The average Bonchev–Trinajstić information content (AvgIpc) is 2.27. The number of carbonyl (C=O) groups is 1. The normalized spacial score (nSPS) is 9.00. The van der Waals surface area contributed by atoms with Crippen LogP contribution in [-0.2, 0) is 16.1 Å². The fourth-order valence-corrected chi connectivity index (χ4v) is 0.987. The van der Waals surface area contributed by atoms with E-state index >= 15 is 0 Å². The van der Waals surface area contributed by atoms with Crippen molar-refractivity contribution in [2.75, 3.05) is 0 Å². The van der Waals surface area contributed by atoms with E-state index in [0.29, 0.717) is 6.61 Å². The predicted octanol–water partition coefficient (Wildman–Crippen LogP) is 3.86. The Balaban J connectivity index is 0.000000487. The Kier molecular flexibility index (Phi) is 8.22. The Morgan fingerprint density at radius 3 is 2.31 bits per heavy atom. The second kappa shape index (κ2) is 8.96. The van der Waals surface area contributed by atoms with Crippen LogP contribution in [0.15, 0.2) is 24.3 Å². The van der Waals surface area contributed by atoms with Gasteiger partial charge in [-0.3, -0.25) is 4.79 Å². The van der Waals surface area contributed by atoms with Crippen molar-refractivity contribution in [1.29, 1.82) is 0 Å². The molecule has 0 aromatic heterocycles. The molecule has 0 saturated carbocycles. The lowest BCUT2D eigenvalue weighted by atomic mass is 10.1. The molecule has 1 rings (SSSR count). The van der Waals surface area contributed by atoms with Gasteiger partial charge >= 0.3 is 5.97 Å². The van der Waals surface area contributed by atoms with Crippen molar-refractivity contribution in [3.8, 4) is 0 Å². The standard InChI is InChI=1S/C10H12O2.C4H10/c1-8-4-3-5-10(6-8)7-12-9(2)11;1-3-4-2/h3-6H,7H2,1-2H3;3-4H2,1-2H3. The number of esters is 1. The summed E-state index contributed by atoms with van der Waals surface area (Å²) in [5.41, 5.74) is 2.21. The van der Waals surface area contributed by atoms with Crippen molar-refractivity contribution in [2.24, 2.45) is 0 Å². The van der Waals surface area contributed by atoms with E-state index in [1.807, 2.05) is 31.2 Å². The van der Waals surface area contributed by atoms with E-state index in [-0.39, 0.29) is 5.97 Å². The summed E-state index contributed by atoms with van der Waals surface area (Å²) in [5, 5.41) is 0. The first-order valence-electron chi connectivity index (χ1n) is 5.79. The Hall–Kier alpha value is -1.31. The molecular weight excluding hydrogens is 200 g/mol. The maximum atomic E-state index is 10.5. The minimum atomic E-state index is -0.239. The van der Waals surface area contributed by atoms with Gasteiger partial charge in [0, 0.05) is 6.92 Å². The van der Waals surface area contributed by atoms with Gasteiger partial charge in [0.15, 0.2) is 0 Å². The van der Waals surface area contributed by atoms with Gasteiger partial charge in [-0.25, -0.2) is 0 Å². The molecule has 0 N–H and O–H groups in total. The molecule has 16 heavy (non-hydrogen) atoms. The molecule has 90 valence electrons. The molecular formula is C14H22O2. The SMILES string of the molecule is CC(=O)OCc1cccc(C)c1.CCCC. The molecule has 0 amide bonds. The van der Waals surface area contributed by atoms with Crippen LogP contribution in [0, 0.1) is 6.92 Å². The molecule has 0 aliphatic heterocycles. The van der Waals surface area contributed by atoms with Crippen LogP contribution in [0.25, 0.3) is 0 Å². The number of carbonyl (C=O) groups excluding carboxylic acids is 1. The molecule has 0 saturated heterocycles. The van der Waals surface area contributed by atoms with Gasteiger partial charge in [-0.1, -0.05) is 56.5 Å². The van der Waals surface area contributed by atoms with E-state index in [1.165, 1.54) is 25.3 Å². The zero-order chi connectivity index (χ0) is 12.4. The lowest BCUT2D eigenvalue weighted by molar-refractivity contribution is -0.142. The number of rotatable bonds is 3. The highest BCUT2D eigenvalue weighted by Gasteiger charge is 1.95. The minimum absolute atomic E-state index is 0.239. The second-order valence-electron chi connectivity index (χ2n) is 3.77. The van der Waals surface area contributed by atoms with Crippen molar-refractivity contribution in [2.45, 2.75) is 47.1 Å². The fraction of sp³-hybridized carbons (Fsp3) is 0.500. The van der Waals surface area contributed by atoms with Crippen LogP contribution in [0.1, 0.15) is 44.7 Å². The first-order chi connectivity index (χ1) is 7.60. The summed E-state index contributed by atoms with van der Waals surface area (Å²) in [7, 11) is 0. The van der Waals surface area contributed by atoms with Gasteiger partial charge in [-0.05, 0) is 12.5 Å². The van der Waals surface area contributed by atoms with Gasteiger partial charge < -0.3 is 4.74 Å². The van der Waals surface area contributed by atoms with E-state index < -0.39 is 0 Å². The quantitative estimate of drug-likeness (QED) is 0.726. The van der Waals surface area contributed by atoms with Gasteiger partial charge in [0.1, 0.15) is 6.61 Å². The molecule has 0 atom stereocenters. The molecule has 0 unspecified atom stereocenters. The summed E-state index contributed by atoms with van der Waals surface area (Å²) in [6.07, 6.45) is 2.64. The predicted molar refractivity (Wildman–Crippen MR) is 67.2 cm³/mol. The molecule has 0 radical (unpaired) electrons. The topological polar surface area (TPSA) is 26.3 Å². The average molecular weight is 222 g/mol. The largest absolute Gasteiger partial charge is 0.461 e. The minimum Gasteiger partial charge on any atom is -0.461 e. The van der Waals surface area contributed by atoms with Crippen LogP contribution >= 0.6 is 0 Å². The molecule has 0 bridgehead atoms. The second-order valence-corrected chi connectivity index (χ2v) is 3.77. The van der Waals surface area contributed by atoms with Crippen LogP contribution in [-0.4, -0.2) is 5.97 Å². The maximum Gasteiger partial charge on any atom is 0.302 e. The van der Waals surface area contributed by atoms with E-state index in [1.54, 1.807) is 0 Å². The third kappa shape index (κ3) is 8.04. The fourth-order valence-electron chi connectivity index (χ4n) is 0.987. The highest BCUT2D eigenvalue weighted by molar-refractivity contribution is 5.65. The van der Waals surface area contributed by atoms with Gasteiger partial charge in [0.05, 0.1) is 0 Å². The van der Waals surface area contributed by atoms with Gasteiger partial charge in [0.25, 0.3) is 0 Å². The van der Waals surface area contributed by atoms with Crippen molar-refractivity contribution in [1.82, 2.24) is 0 Å². The van der Waals surface area contributed by atoms with Crippen LogP contribution < -0.4 is 0 Å². The summed E-state index contributed by atoms with van der Waals surface area (Å²) in [4.78, 5) is 10.5. The monoisotopic (exact) mass is 222 g/mol. The summed E-state index contributed by atoms with van der Waals surface area (Å²) >= 11 is 0. The number of ether oxygens (including phenoxy) is 1. The molecule has 2 heteroatoms. The molecule has 1 aromatic carbocycles. The molecule has 0 aliphatic rings. The van der Waals surface area contributed by atoms with E-state index in [2.05, 4.69) is 13.8 Å². The molecule has 0 aliphatic carbocycles. The summed E-state index contributed by atoms with van der Waals surface area (Å²) in [5.74, 6) is -0.239. The number of hydrogen-bond acceptors (Lipinski definition) is 2. The smallest absolute Gasteiger partial charge is 0.302 e. The van der Waals surface area contributed by atoms with Gasteiger partial charge in [-0.15, -0.1) is 0 Å². The van der Waals surface area contributed by atoms with E-state index in [0.717, 1.165) is 5.56 Å². The zero-order valence-corrected chi connectivity index (χ0v) is 10.7. The molecule has 2 nitrogen and oxygen atoms in total. The van der Waals surface area contributed by atoms with Gasteiger partial charge in [-0.2, -0.15) is 0 Å². The summed E-state index contributed by atoms with van der Waals surface area (Å²) in [6, 6.07) is 7.91. The number of unbranched alkanes of at least 4 members (excludes halogenated alkanes) is 1. The van der Waals surface area contributed by atoms with Crippen molar-refractivity contribution >= 4 is 5.97 Å². The Labute approximate surface area is 98.6 Å². The Bertz CT molecular complexity index is 303. The first-order valence-corrected chi connectivity index (χ1v) is 5.79. The summed E-state index contributed by atoms with van der Waals surface area (Å²) < 4.78 is 4.84. The number of aryl methyl sites for hydroxylation is 1. The van der Waals surface area contributed by atoms with Crippen LogP contribution in [0.2, 0.25) is 0 Å². The van der Waals surface area contributed by atoms with Crippen LogP contribution in [0.3, 0.4) is 0 Å².